The molecule has 0 saturated carbocycles. The third kappa shape index (κ3) is 5.67. The molecule has 130 valence electrons. The topological polar surface area (TPSA) is 36.9 Å². The van der Waals surface area contributed by atoms with Gasteiger partial charge in [0.25, 0.3) is 0 Å². The molecule has 0 bridgehead atoms. The minimum Gasteiger partial charge on any atom is -0.496 e. The lowest BCUT2D eigenvalue weighted by Crippen LogP contribution is -2.38. The van der Waals surface area contributed by atoms with Gasteiger partial charge in [-0.05, 0) is 23.8 Å². The molecule has 0 aliphatic rings. The monoisotopic (exact) mass is 443 g/mol. The van der Waals surface area contributed by atoms with Gasteiger partial charge in [-0.1, -0.05) is 30.3 Å². The number of hydrogen-bond acceptors (Lipinski definition) is 2. The maximum absolute atomic E-state index is 13.0. The molecule has 1 N–H and O–H groups in total. The fourth-order valence-corrected chi connectivity index (χ4v) is 2.35. The molecule has 0 aromatic heterocycles. The van der Waals surface area contributed by atoms with Gasteiger partial charge >= 0.3 is 0 Å². The standard InChI is InChI=1S/C18H22FN3O.HI/c1-20-18(21-12-15-6-4-5-7-17(15)23-3)22(2)13-14-8-10-16(19)11-9-14;/h4-11H,12-13H2,1-3H3,(H,20,21);1H. The molecule has 2 aromatic carbocycles. The van der Waals surface area contributed by atoms with Gasteiger partial charge in [0.15, 0.2) is 5.96 Å². The zero-order valence-corrected chi connectivity index (χ0v) is 16.5. The quantitative estimate of drug-likeness (QED) is 0.436. The summed E-state index contributed by atoms with van der Waals surface area (Å²) in [5.74, 6) is 1.38. The van der Waals surface area contributed by atoms with Crippen LogP contribution in [0.15, 0.2) is 53.5 Å². The molecular formula is C18H23FIN3O. The number of methoxy groups -OCH3 is 1. The Morgan fingerprint density at radius 1 is 1.17 bits per heavy atom. The van der Waals surface area contributed by atoms with E-state index >= 15 is 0 Å². The molecule has 0 aliphatic carbocycles. The minimum absolute atomic E-state index is 0. The van der Waals surface area contributed by atoms with Crippen molar-refractivity contribution in [1.82, 2.24) is 10.2 Å². The van der Waals surface area contributed by atoms with Crippen LogP contribution in [0, 0.1) is 5.82 Å². The van der Waals surface area contributed by atoms with Gasteiger partial charge in [-0.2, -0.15) is 0 Å². The van der Waals surface area contributed by atoms with Crippen LogP contribution < -0.4 is 10.1 Å². The third-order valence-electron chi connectivity index (χ3n) is 3.54. The van der Waals surface area contributed by atoms with Gasteiger partial charge in [0.1, 0.15) is 11.6 Å². The van der Waals surface area contributed by atoms with Crippen LogP contribution >= 0.6 is 24.0 Å². The molecule has 0 fully saturated rings. The van der Waals surface area contributed by atoms with Crippen molar-refractivity contribution >= 4 is 29.9 Å². The van der Waals surface area contributed by atoms with Crippen LogP contribution in [-0.4, -0.2) is 32.1 Å². The van der Waals surface area contributed by atoms with E-state index in [1.807, 2.05) is 36.2 Å². The summed E-state index contributed by atoms with van der Waals surface area (Å²) in [7, 11) is 5.35. The Labute approximate surface area is 159 Å². The molecule has 24 heavy (non-hydrogen) atoms. The number of benzene rings is 2. The van der Waals surface area contributed by atoms with Crippen LogP contribution in [0.4, 0.5) is 4.39 Å². The lowest BCUT2D eigenvalue weighted by molar-refractivity contribution is 0.408. The first-order chi connectivity index (χ1) is 11.1. The van der Waals surface area contributed by atoms with Crippen LogP contribution in [0.5, 0.6) is 5.75 Å². The summed E-state index contributed by atoms with van der Waals surface area (Å²) in [6.45, 7) is 1.26. The number of halogens is 2. The zero-order chi connectivity index (χ0) is 16.7. The second-order valence-electron chi connectivity index (χ2n) is 5.20. The molecule has 2 aromatic rings. The Hall–Kier alpha value is -1.83. The second kappa shape index (κ2) is 10.1. The zero-order valence-electron chi connectivity index (χ0n) is 14.1. The molecule has 0 heterocycles. The molecule has 0 atom stereocenters. The summed E-state index contributed by atoms with van der Waals surface area (Å²) in [4.78, 5) is 6.28. The number of nitrogens with zero attached hydrogens (tertiary/aromatic N) is 2. The Morgan fingerprint density at radius 3 is 2.46 bits per heavy atom. The van der Waals surface area contributed by atoms with Gasteiger partial charge in [-0.15, -0.1) is 24.0 Å². The Morgan fingerprint density at radius 2 is 1.83 bits per heavy atom. The summed E-state index contributed by atoms with van der Waals surface area (Å²) in [5, 5.41) is 3.31. The normalized spacial score (nSPS) is 10.8. The summed E-state index contributed by atoms with van der Waals surface area (Å²) < 4.78 is 18.3. The summed E-state index contributed by atoms with van der Waals surface area (Å²) in [6, 6.07) is 14.4. The van der Waals surface area contributed by atoms with E-state index in [4.69, 9.17) is 4.74 Å². The van der Waals surface area contributed by atoms with Gasteiger partial charge < -0.3 is 15.0 Å². The van der Waals surface area contributed by atoms with Crippen LogP contribution in [0.3, 0.4) is 0 Å². The molecular weight excluding hydrogens is 420 g/mol. The number of rotatable bonds is 5. The van der Waals surface area contributed by atoms with Gasteiger partial charge in [-0.25, -0.2) is 4.39 Å². The highest BCUT2D eigenvalue weighted by atomic mass is 127. The van der Waals surface area contributed by atoms with Crippen molar-refractivity contribution in [2.75, 3.05) is 21.2 Å². The van der Waals surface area contributed by atoms with Gasteiger partial charge in [-0.3, -0.25) is 4.99 Å². The van der Waals surface area contributed by atoms with Crippen LogP contribution in [-0.2, 0) is 13.1 Å². The van der Waals surface area contributed by atoms with E-state index in [0.29, 0.717) is 13.1 Å². The average molecular weight is 443 g/mol. The highest BCUT2D eigenvalue weighted by molar-refractivity contribution is 14.0. The molecule has 2 rings (SSSR count). The van der Waals surface area contributed by atoms with E-state index in [9.17, 15) is 4.39 Å². The number of guanidine groups is 1. The van der Waals surface area contributed by atoms with E-state index in [0.717, 1.165) is 22.8 Å². The first-order valence-corrected chi connectivity index (χ1v) is 7.42. The van der Waals surface area contributed by atoms with E-state index in [2.05, 4.69) is 10.3 Å². The predicted molar refractivity (Wildman–Crippen MR) is 106 cm³/mol. The van der Waals surface area contributed by atoms with Gasteiger partial charge in [0, 0.05) is 32.7 Å². The van der Waals surface area contributed by atoms with E-state index < -0.39 is 0 Å². The molecule has 0 spiro atoms. The van der Waals surface area contributed by atoms with Crippen molar-refractivity contribution < 1.29 is 9.13 Å². The summed E-state index contributed by atoms with van der Waals surface area (Å²) >= 11 is 0. The maximum Gasteiger partial charge on any atom is 0.193 e. The van der Waals surface area contributed by atoms with Crippen molar-refractivity contribution in [2.24, 2.45) is 4.99 Å². The number of ether oxygens (including phenoxy) is 1. The minimum atomic E-state index is -0.227. The first kappa shape index (κ1) is 20.2. The average Bonchev–Trinajstić information content (AvgIpc) is 2.58. The highest BCUT2D eigenvalue weighted by Gasteiger charge is 2.08. The lowest BCUT2D eigenvalue weighted by Gasteiger charge is -2.22. The molecule has 0 saturated heterocycles. The number of aliphatic imine (C=N–C) groups is 1. The number of hydrogen-bond donors (Lipinski definition) is 1. The van der Waals surface area contributed by atoms with Crippen LogP contribution in [0.25, 0.3) is 0 Å². The number of nitrogens with one attached hydrogen (secondary N) is 1. The highest BCUT2D eigenvalue weighted by Crippen LogP contribution is 2.16. The molecule has 0 unspecified atom stereocenters. The Bertz CT molecular complexity index is 662. The van der Waals surface area contributed by atoms with Crippen molar-refractivity contribution in [3.05, 3.63) is 65.5 Å². The Kier molecular flexibility index (Phi) is 8.53. The smallest absolute Gasteiger partial charge is 0.193 e. The fourth-order valence-electron chi connectivity index (χ4n) is 2.35. The van der Waals surface area contributed by atoms with Crippen LogP contribution in [0.1, 0.15) is 11.1 Å². The Balaban J connectivity index is 0.00000288. The van der Waals surface area contributed by atoms with Gasteiger partial charge in [0.2, 0.25) is 0 Å². The van der Waals surface area contributed by atoms with Crippen LogP contribution in [0.2, 0.25) is 0 Å². The van der Waals surface area contributed by atoms with Crippen molar-refractivity contribution in [3.63, 3.8) is 0 Å². The summed E-state index contributed by atoms with van der Waals surface area (Å²) in [6.07, 6.45) is 0. The summed E-state index contributed by atoms with van der Waals surface area (Å²) in [5.41, 5.74) is 2.08. The second-order valence-corrected chi connectivity index (χ2v) is 5.20. The first-order valence-electron chi connectivity index (χ1n) is 7.42. The molecule has 6 heteroatoms. The van der Waals surface area contributed by atoms with E-state index in [1.165, 1.54) is 12.1 Å². The van der Waals surface area contributed by atoms with E-state index in [-0.39, 0.29) is 29.8 Å². The fraction of sp³-hybridized carbons (Fsp3) is 0.278. The van der Waals surface area contributed by atoms with Crippen molar-refractivity contribution in [1.29, 1.82) is 0 Å². The predicted octanol–water partition coefficient (Wildman–Crippen LogP) is 3.66. The van der Waals surface area contributed by atoms with Gasteiger partial charge in [0.05, 0.1) is 7.11 Å². The van der Waals surface area contributed by atoms with Crippen molar-refractivity contribution in [2.45, 2.75) is 13.1 Å². The van der Waals surface area contributed by atoms with Crippen molar-refractivity contribution in [3.8, 4) is 5.75 Å². The molecule has 4 nitrogen and oxygen atoms in total. The molecule has 0 aliphatic heterocycles. The lowest BCUT2D eigenvalue weighted by atomic mass is 10.2. The third-order valence-corrected chi connectivity index (χ3v) is 3.54. The largest absolute Gasteiger partial charge is 0.496 e. The SMILES string of the molecule is CN=C(NCc1ccccc1OC)N(C)Cc1ccc(F)cc1.I. The maximum atomic E-state index is 13.0. The molecule has 0 amide bonds. The van der Waals surface area contributed by atoms with E-state index in [1.54, 1.807) is 26.3 Å². The molecule has 0 radical (unpaired) electrons. The number of para-hydroxylation sites is 1.